The molecule has 0 unspecified atom stereocenters. The zero-order valence-electron chi connectivity index (χ0n) is 15.9. The van der Waals surface area contributed by atoms with Crippen LogP contribution in [0.5, 0.6) is 0 Å². The number of likely N-dealkylation sites (N-methyl/N-ethyl adjacent to an activating group) is 1. The van der Waals surface area contributed by atoms with Crippen molar-refractivity contribution >= 4 is 11.9 Å². The maximum Gasteiger partial charge on any atom is 0.510 e. The number of hydrogen-bond acceptors (Lipinski definition) is 9. The number of nitrogens with zero attached hydrogens (tertiary/aromatic N) is 7. The van der Waals surface area contributed by atoms with Gasteiger partial charge < -0.3 is 19.8 Å². The first-order valence-electron chi connectivity index (χ1n) is 8.85. The fourth-order valence-electron chi connectivity index (χ4n) is 2.80. The first kappa shape index (κ1) is 18.6. The van der Waals surface area contributed by atoms with Crippen molar-refractivity contribution in [3.8, 4) is 22.9 Å². The number of hydrogen-bond donors (Lipinski definition) is 2. The molecule has 0 saturated heterocycles. The van der Waals surface area contributed by atoms with Crippen LogP contribution in [0.25, 0.3) is 28.7 Å². The van der Waals surface area contributed by atoms with Crippen LogP contribution >= 0.6 is 0 Å². The Morgan fingerprint density at radius 2 is 2.21 bits per heavy atom. The quantitative estimate of drug-likeness (QED) is 0.346. The first-order chi connectivity index (χ1) is 14.2. The number of carbonyl (C=O) groups excluding carboxylic acids is 1. The lowest BCUT2D eigenvalue weighted by Gasteiger charge is -2.08. The molecule has 150 valence electrons. The van der Waals surface area contributed by atoms with E-state index in [4.69, 9.17) is 9.47 Å². The zero-order chi connectivity index (χ0) is 20.2. The van der Waals surface area contributed by atoms with E-state index in [-0.39, 0.29) is 13.3 Å². The van der Waals surface area contributed by atoms with Crippen LogP contribution in [-0.4, -0.2) is 65.5 Å². The summed E-state index contributed by atoms with van der Waals surface area (Å²) < 4.78 is 13.4. The number of ether oxygens (including phenoxy) is 2. The summed E-state index contributed by atoms with van der Waals surface area (Å²) >= 11 is 0. The molecule has 4 heterocycles. The number of aromatic nitrogens is 8. The second kappa shape index (κ2) is 8.06. The van der Waals surface area contributed by atoms with Gasteiger partial charge in [0.25, 0.3) is 0 Å². The molecule has 0 aliphatic heterocycles. The number of aromatic amines is 1. The molecule has 0 radical (unpaired) electrons. The summed E-state index contributed by atoms with van der Waals surface area (Å²) in [4.78, 5) is 32.3. The van der Waals surface area contributed by atoms with Crippen LogP contribution < -0.4 is 5.32 Å². The molecule has 0 atom stereocenters. The fraction of sp³-hybridized carbons (Fsp3) is 0.294. The van der Waals surface area contributed by atoms with E-state index in [0.29, 0.717) is 29.7 Å². The lowest BCUT2D eigenvalue weighted by molar-refractivity contribution is 0.0317. The number of imidazole rings is 2. The van der Waals surface area contributed by atoms with E-state index < -0.39 is 6.16 Å². The number of carbonyl (C=O) groups is 1. The highest BCUT2D eigenvalue weighted by molar-refractivity contribution is 5.76. The molecule has 12 nitrogen and oxygen atoms in total. The third-order valence-electron chi connectivity index (χ3n) is 4.02. The number of nitrogens with one attached hydrogen (secondary N) is 2. The molecule has 0 spiro atoms. The lowest BCUT2D eigenvalue weighted by Crippen LogP contribution is -2.19. The van der Waals surface area contributed by atoms with Gasteiger partial charge in [-0.2, -0.15) is 5.10 Å². The van der Waals surface area contributed by atoms with E-state index in [2.05, 4.69) is 35.3 Å². The number of H-pyrrole nitrogens is 1. The molecule has 0 bridgehead atoms. The van der Waals surface area contributed by atoms with Gasteiger partial charge >= 0.3 is 6.16 Å². The van der Waals surface area contributed by atoms with Gasteiger partial charge in [-0.1, -0.05) is 0 Å². The number of aryl methyl sites for hydroxylation is 1. The monoisotopic (exact) mass is 397 g/mol. The van der Waals surface area contributed by atoms with Gasteiger partial charge in [-0.25, -0.2) is 29.4 Å². The van der Waals surface area contributed by atoms with Crippen LogP contribution in [-0.2, 0) is 16.2 Å². The second-order valence-corrected chi connectivity index (χ2v) is 6.02. The van der Waals surface area contributed by atoms with Crippen LogP contribution in [0.3, 0.4) is 0 Å². The summed E-state index contributed by atoms with van der Waals surface area (Å²) in [6.45, 7) is 2.32. The van der Waals surface area contributed by atoms with Gasteiger partial charge in [0.05, 0.1) is 18.2 Å². The Kier molecular flexibility index (Phi) is 5.16. The molecule has 4 rings (SSSR count). The van der Waals surface area contributed by atoms with Gasteiger partial charge in [0.1, 0.15) is 23.8 Å². The fourth-order valence-corrected chi connectivity index (χ4v) is 2.80. The summed E-state index contributed by atoms with van der Waals surface area (Å²) in [6, 6.07) is 1.80. The highest BCUT2D eigenvalue weighted by atomic mass is 16.7. The van der Waals surface area contributed by atoms with Gasteiger partial charge in [0.15, 0.2) is 12.6 Å². The average Bonchev–Trinajstić information content (AvgIpc) is 3.44. The van der Waals surface area contributed by atoms with Crippen LogP contribution in [0.15, 0.2) is 31.0 Å². The van der Waals surface area contributed by atoms with Gasteiger partial charge in [0.2, 0.25) is 5.78 Å². The van der Waals surface area contributed by atoms with E-state index in [1.54, 1.807) is 38.8 Å². The standard InChI is InChI=1S/C17H19N9O3/c1-11-22-15(26(24-11)10-29-17(27)28-7-5-18-2)13-14(12-8-19-9-21-12)25-6-3-4-20-16(25)23-13/h3-4,6,8-9,18H,5,7,10H2,1-2H3,(H,19,21). The van der Waals surface area contributed by atoms with Gasteiger partial charge in [-0.15, -0.1) is 0 Å². The van der Waals surface area contributed by atoms with Crippen molar-refractivity contribution in [2.75, 3.05) is 20.2 Å². The third kappa shape index (κ3) is 3.78. The highest BCUT2D eigenvalue weighted by Crippen LogP contribution is 2.30. The van der Waals surface area contributed by atoms with Crippen molar-refractivity contribution in [2.45, 2.75) is 13.7 Å². The summed E-state index contributed by atoms with van der Waals surface area (Å²) in [5, 5.41) is 7.19. The molecule has 0 amide bonds. The van der Waals surface area contributed by atoms with Gasteiger partial charge in [0, 0.05) is 18.9 Å². The average molecular weight is 397 g/mol. The minimum absolute atomic E-state index is 0.168. The summed E-state index contributed by atoms with van der Waals surface area (Å²) in [5.74, 6) is 1.43. The van der Waals surface area contributed by atoms with Crippen molar-refractivity contribution in [1.82, 2.24) is 44.4 Å². The van der Waals surface area contributed by atoms with Crippen molar-refractivity contribution in [3.05, 3.63) is 36.8 Å². The maximum absolute atomic E-state index is 11.8. The molecule has 2 N–H and O–H groups in total. The van der Waals surface area contributed by atoms with Crippen molar-refractivity contribution < 1.29 is 14.3 Å². The first-order valence-corrected chi connectivity index (χ1v) is 8.85. The summed E-state index contributed by atoms with van der Waals surface area (Å²) in [7, 11) is 1.76. The Bertz CT molecular complexity index is 1120. The minimum atomic E-state index is -0.787. The topological polar surface area (TPSA) is 137 Å². The molecule has 0 fully saturated rings. The predicted octanol–water partition coefficient (Wildman–Crippen LogP) is 1.02. The van der Waals surface area contributed by atoms with Crippen LogP contribution in [0.1, 0.15) is 5.82 Å². The Balaban J connectivity index is 1.68. The van der Waals surface area contributed by atoms with Gasteiger partial charge in [-0.05, 0) is 20.0 Å². The van der Waals surface area contributed by atoms with Crippen LogP contribution in [0.4, 0.5) is 4.79 Å². The molecule has 4 aromatic rings. The predicted molar refractivity (Wildman–Crippen MR) is 101 cm³/mol. The van der Waals surface area contributed by atoms with Gasteiger partial charge in [-0.3, -0.25) is 4.40 Å². The Labute approximate surface area is 164 Å². The Morgan fingerprint density at radius 3 is 3.00 bits per heavy atom. The van der Waals surface area contributed by atoms with E-state index in [9.17, 15) is 4.79 Å². The zero-order valence-corrected chi connectivity index (χ0v) is 15.9. The molecule has 0 aliphatic carbocycles. The van der Waals surface area contributed by atoms with E-state index >= 15 is 0 Å². The van der Waals surface area contributed by atoms with Crippen molar-refractivity contribution in [3.63, 3.8) is 0 Å². The van der Waals surface area contributed by atoms with Crippen molar-refractivity contribution in [2.24, 2.45) is 0 Å². The molecular weight excluding hydrogens is 378 g/mol. The Morgan fingerprint density at radius 1 is 1.31 bits per heavy atom. The Hall–Kier alpha value is -3.80. The minimum Gasteiger partial charge on any atom is -0.433 e. The molecule has 29 heavy (non-hydrogen) atoms. The molecule has 4 aromatic heterocycles. The molecule has 0 aliphatic rings. The molecule has 0 aromatic carbocycles. The number of fused-ring (bicyclic) bond motifs is 1. The van der Waals surface area contributed by atoms with E-state index in [1.165, 1.54) is 4.68 Å². The molecule has 12 heteroatoms. The third-order valence-corrected chi connectivity index (χ3v) is 4.02. The molecule has 0 saturated carbocycles. The lowest BCUT2D eigenvalue weighted by atomic mass is 10.2. The smallest absolute Gasteiger partial charge is 0.433 e. The van der Waals surface area contributed by atoms with Crippen molar-refractivity contribution in [1.29, 1.82) is 0 Å². The van der Waals surface area contributed by atoms with E-state index in [1.807, 2.05) is 10.6 Å². The van der Waals surface area contributed by atoms with Crippen LogP contribution in [0.2, 0.25) is 0 Å². The largest absolute Gasteiger partial charge is 0.510 e. The normalized spacial score (nSPS) is 11.1. The summed E-state index contributed by atoms with van der Waals surface area (Å²) in [5.41, 5.74) is 1.98. The SMILES string of the molecule is CNCCOC(=O)OCn1nc(C)nc1-c1nc2ncccn2c1-c1cnc[nH]1. The maximum atomic E-state index is 11.8. The highest BCUT2D eigenvalue weighted by Gasteiger charge is 2.23. The second-order valence-electron chi connectivity index (χ2n) is 6.02. The van der Waals surface area contributed by atoms with Crippen LogP contribution in [0, 0.1) is 6.92 Å². The van der Waals surface area contributed by atoms with E-state index in [0.717, 1.165) is 11.4 Å². The number of rotatable bonds is 7. The molecular formula is C17H19N9O3. The summed E-state index contributed by atoms with van der Waals surface area (Å²) in [6.07, 6.45) is 5.98.